The zero-order chi connectivity index (χ0) is 21.0. The minimum Gasteiger partial charge on any atom is -0.497 e. The molecular formula is C21H26N2O5S. The number of rotatable bonds is 6. The van der Waals surface area contributed by atoms with Gasteiger partial charge < -0.3 is 14.8 Å². The number of amides is 1. The van der Waals surface area contributed by atoms with Crippen LogP contribution in [0.15, 0.2) is 47.4 Å². The van der Waals surface area contributed by atoms with Gasteiger partial charge in [0.2, 0.25) is 15.9 Å². The van der Waals surface area contributed by atoms with Gasteiger partial charge in [-0.15, -0.1) is 0 Å². The van der Waals surface area contributed by atoms with Gasteiger partial charge in [-0.3, -0.25) is 4.79 Å². The van der Waals surface area contributed by atoms with E-state index in [2.05, 4.69) is 5.32 Å². The maximum Gasteiger partial charge on any atom is 0.246 e. The fourth-order valence-corrected chi connectivity index (χ4v) is 5.16. The lowest BCUT2D eigenvalue weighted by Crippen LogP contribution is -2.43. The number of nitrogens with zero attached hydrogens (tertiary/aromatic N) is 1. The molecule has 1 saturated heterocycles. The second-order valence-electron chi connectivity index (χ2n) is 7.08. The maximum absolute atomic E-state index is 13.3. The van der Waals surface area contributed by atoms with E-state index in [-0.39, 0.29) is 23.1 Å². The first kappa shape index (κ1) is 21.1. The summed E-state index contributed by atoms with van der Waals surface area (Å²) >= 11 is 0. The highest BCUT2D eigenvalue weighted by atomic mass is 32.2. The Balaban J connectivity index is 1.80. The lowest BCUT2D eigenvalue weighted by atomic mass is 9.98. The highest BCUT2D eigenvalue weighted by Crippen LogP contribution is 2.32. The first-order chi connectivity index (χ1) is 13.8. The van der Waals surface area contributed by atoms with Crippen LogP contribution in [0, 0.1) is 12.8 Å². The van der Waals surface area contributed by atoms with Gasteiger partial charge >= 0.3 is 0 Å². The van der Waals surface area contributed by atoms with Gasteiger partial charge in [0.1, 0.15) is 16.4 Å². The fraction of sp³-hybridized carbons (Fsp3) is 0.381. The number of piperidine rings is 1. The van der Waals surface area contributed by atoms with Crippen LogP contribution in [0.25, 0.3) is 0 Å². The van der Waals surface area contributed by atoms with Crippen LogP contribution in [0.1, 0.15) is 18.4 Å². The highest BCUT2D eigenvalue weighted by molar-refractivity contribution is 7.89. The average molecular weight is 419 g/mol. The fourth-order valence-electron chi connectivity index (χ4n) is 3.47. The summed E-state index contributed by atoms with van der Waals surface area (Å²) in [5.74, 6) is 0.0796. The van der Waals surface area contributed by atoms with Crippen LogP contribution in [-0.4, -0.2) is 45.9 Å². The van der Waals surface area contributed by atoms with Gasteiger partial charge in [0.25, 0.3) is 0 Å². The van der Waals surface area contributed by atoms with E-state index in [0.717, 1.165) is 5.56 Å². The molecule has 1 amide bonds. The molecule has 8 heteroatoms. The lowest BCUT2D eigenvalue weighted by Gasteiger charge is -2.31. The summed E-state index contributed by atoms with van der Waals surface area (Å²) in [5.41, 5.74) is 1.75. The molecule has 0 bridgehead atoms. The third-order valence-corrected chi connectivity index (χ3v) is 6.92. The summed E-state index contributed by atoms with van der Waals surface area (Å²) in [6.45, 7) is 2.43. The van der Waals surface area contributed by atoms with Crippen molar-refractivity contribution in [3.63, 3.8) is 0 Å². The molecule has 0 aromatic heterocycles. The standard InChI is InChI=1S/C21H26N2O5S/c1-15-6-4-8-17(12-15)22-21(24)16-7-5-11-23(14-16)29(25,26)20-13-18(27-2)9-10-19(20)28-3/h4,6,8-10,12-13,16H,5,7,11,14H2,1-3H3,(H,22,24)/t16-/m1/s1. The van der Waals surface area contributed by atoms with Gasteiger partial charge in [-0.2, -0.15) is 4.31 Å². The molecule has 1 fully saturated rings. The number of hydrogen-bond donors (Lipinski definition) is 1. The van der Waals surface area contributed by atoms with Gasteiger partial charge in [-0.25, -0.2) is 8.42 Å². The normalized spacial score (nSPS) is 17.6. The Labute approximate surface area is 171 Å². The zero-order valence-electron chi connectivity index (χ0n) is 16.8. The molecule has 1 N–H and O–H groups in total. The molecule has 0 aliphatic carbocycles. The minimum absolute atomic E-state index is 0.0408. The monoisotopic (exact) mass is 418 g/mol. The minimum atomic E-state index is -3.84. The van der Waals surface area contributed by atoms with E-state index in [1.165, 1.54) is 24.6 Å². The number of nitrogens with one attached hydrogen (secondary N) is 1. The number of ether oxygens (including phenoxy) is 2. The third-order valence-electron chi connectivity index (χ3n) is 5.03. The Morgan fingerprint density at radius 1 is 1.14 bits per heavy atom. The molecule has 0 unspecified atom stereocenters. The average Bonchev–Trinajstić information content (AvgIpc) is 2.73. The van der Waals surface area contributed by atoms with Crippen molar-refractivity contribution in [1.82, 2.24) is 4.31 Å². The van der Waals surface area contributed by atoms with Crippen LogP contribution in [0.5, 0.6) is 11.5 Å². The summed E-state index contributed by atoms with van der Waals surface area (Å²) in [6.07, 6.45) is 1.25. The summed E-state index contributed by atoms with van der Waals surface area (Å²) < 4.78 is 38.3. The molecule has 1 heterocycles. The first-order valence-electron chi connectivity index (χ1n) is 9.45. The molecule has 1 atom stereocenters. The van der Waals surface area contributed by atoms with Crippen molar-refractivity contribution in [2.75, 3.05) is 32.6 Å². The van der Waals surface area contributed by atoms with E-state index >= 15 is 0 Å². The van der Waals surface area contributed by atoms with Gasteiger partial charge in [-0.1, -0.05) is 12.1 Å². The van der Waals surface area contributed by atoms with Crippen molar-refractivity contribution in [3.05, 3.63) is 48.0 Å². The van der Waals surface area contributed by atoms with Crippen LogP contribution in [0.4, 0.5) is 5.69 Å². The number of hydrogen-bond acceptors (Lipinski definition) is 5. The van der Waals surface area contributed by atoms with Gasteiger partial charge in [0.05, 0.1) is 20.1 Å². The number of benzene rings is 2. The van der Waals surface area contributed by atoms with E-state index < -0.39 is 15.9 Å². The predicted octanol–water partition coefficient (Wildman–Crippen LogP) is 3.05. The van der Waals surface area contributed by atoms with Crippen molar-refractivity contribution < 1.29 is 22.7 Å². The predicted molar refractivity (Wildman–Crippen MR) is 111 cm³/mol. The van der Waals surface area contributed by atoms with Crippen LogP contribution in [0.3, 0.4) is 0 Å². The molecule has 1 aliphatic heterocycles. The van der Waals surface area contributed by atoms with E-state index in [4.69, 9.17) is 9.47 Å². The Bertz CT molecular complexity index is 990. The Morgan fingerprint density at radius 3 is 2.62 bits per heavy atom. The summed E-state index contributed by atoms with van der Waals surface area (Å²) in [4.78, 5) is 12.8. The first-order valence-corrected chi connectivity index (χ1v) is 10.9. The largest absolute Gasteiger partial charge is 0.497 e. The molecule has 1 aliphatic rings. The van der Waals surface area contributed by atoms with Crippen molar-refractivity contribution >= 4 is 21.6 Å². The SMILES string of the molecule is COc1ccc(OC)c(S(=O)(=O)N2CCC[C@@H](C(=O)Nc3cccc(C)c3)C2)c1. The Kier molecular flexibility index (Phi) is 6.44. The van der Waals surface area contributed by atoms with E-state index in [1.807, 2.05) is 31.2 Å². The smallest absolute Gasteiger partial charge is 0.246 e. The highest BCUT2D eigenvalue weighted by Gasteiger charge is 2.35. The molecule has 0 radical (unpaired) electrons. The molecule has 3 rings (SSSR count). The topological polar surface area (TPSA) is 84.9 Å². The number of aryl methyl sites for hydroxylation is 1. The van der Waals surface area contributed by atoms with Crippen molar-refractivity contribution in [2.24, 2.45) is 5.92 Å². The molecule has 0 saturated carbocycles. The lowest BCUT2D eigenvalue weighted by molar-refractivity contribution is -0.120. The van der Waals surface area contributed by atoms with Crippen LogP contribution in [-0.2, 0) is 14.8 Å². The molecule has 2 aromatic carbocycles. The molecular weight excluding hydrogens is 392 g/mol. The third kappa shape index (κ3) is 4.71. The second-order valence-corrected chi connectivity index (χ2v) is 8.98. The number of sulfonamides is 1. The Hall–Kier alpha value is -2.58. The number of anilines is 1. The van der Waals surface area contributed by atoms with Gasteiger partial charge in [-0.05, 0) is 49.6 Å². The number of methoxy groups -OCH3 is 2. The van der Waals surface area contributed by atoms with Crippen LogP contribution >= 0.6 is 0 Å². The van der Waals surface area contributed by atoms with E-state index in [1.54, 1.807) is 12.1 Å². The van der Waals surface area contributed by atoms with Crippen LogP contribution in [0.2, 0.25) is 0 Å². The van der Waals surface area contributed by atoms with Crippen molar-refractivity contribution in [1.29, 1.82) is 0 Å². The summed E-state index contributed by atoms with van der Waals surface area (Å²) in [7, 11) is -0.932. The maximum atomic E-state index is 13.3. The van der Waals surface area contributed by atoms with Crippen molar-refractivity contribution in [2.45, 2.75) is 24.7 Å². The van der Waals surface area contributed by atoms with Gasteiger partial charge in [0.15, 0.2) is 0 Å². The van der Waals surface area contributed by atoms with Gasteiger partial charge in [0, 0.05) is 24.8 Å². The summed E-state index contributed by atoms with van der Waals surface area (Å²) in [5, 5.41) is 2.90. The quantitative estimate of drug-likeness (QED) is 0.779. The summed E-state index contributed by atoms with van der Waals surface area (Å²) in [6, 6.07) is 12.2. The number of carbonyl (C=O) groups is 1. The second kappa shape index (κ2) is 8.84. The van der Waals surface area contributed by atoms with Crippen LogP contribution < -0.4 is 14.8 Å². The number of carbonyl (C=O) groups excluding carboxylic acids is 1. The molecule has 29 heavy (non-hydrogen) atoms. The van der Waals surface area contributed by atoms with E-state index in [0.29, 0.717) is 30.8 Å². The molecule has 0 spiro atoms. The Morgan fingerprint density at radius 2 is 1.93 bits per heavy atom. The van der Waals surface area contributed by atoms with Crippen molar-refractivity contribution in [3.8, 4) is 11.5 Å². The molecule has 156 valence electrons. The van der Waals surface area contributed by atoms with E-state index in [9.17, 15) is 13.2 Å². The zero-order valence-corrected chi connectivity index (χ0v) is 17.7. The molecule has 2 aromatic rings. The molecule has 7 nitrogen and oxygen atoms in total.